The van der Waals surface area contributed by atoms with E-state index in [1.165, 1.54) is 205 Å². The van der Waals surface area contributed by atoms with E-state index in [1.54, 1.807) is 0 Å². The molecule has 0 aliphatic carbocycles. The molecule has 10 heteroatoms. The lowest BCUT2D eigenvalue weighted by atomic mass is 10.0. The fraction of sp³-hybridized carbons (Fsp3) is 0.853. The van der Waals surface area contributed by atoms with Gasteiger partial charge in [0.1, 0.15) is 19.3 Å². The maximum absolute atomic E-state index is 13.5. The Labute approximate surface area is 484 Å². The molecular formula is C68H129N2O7P. The molecule has 78 heavy (non-hydrogen) atoms. The quantitative estimate of drug-likeness (QED) is 0.0212. The second-order valence-corrected chi connectivity index (χ2v) is 25.4. The molecule has 3 unspecified atom stereocenters. The van der Waals surface area contributed by atoms with Crippen molar-refractivity contribution in [2.45, 2.75) is 335 Å². The van der Waals surface area contributed by atoms with Crippen molar-refractivity contribution in [3.63, 3.8) is 0 Å². The van der Waals surface area contributed by atoms with Gasteiger partial charge in [0, 0.05) is 12.8 Å². The number of ether oxygens (including phenoxy) is 1. The van der Waals surface area contributed by atoms with E-state index in [1.807, 2.05) is 33.3 Å². The van der Waals surface area contributed by atoms with Crippen LogP contribution in [0.5, 0.6) is 0 Å². The summed E-state index contributed by atoms with van der Waals surface area (Å²) in [6.45, 7) is 6.75. The molecule has 458 valence electrons. The summed E-state index contributed by atoms with van der Waals surface area (Å²) < 4.78 is 30.3. The highest BCUT2D eigenvalue weighted by Gasteiger charge is 2.27. The summed E-state index contributed by atoms with van der Waals surface area (Å²) in [7, 11) is 1.19. The highest BCUT2D eigenvalue weighted by atomic mass is 31.2. The smallest absolute Gasteiger partial charge is 0.306 e. The molecule has 0 radical (unpaired) electrons. The molecule has 0 aliphatic rings. The molecule has 0 heterocycles. The molecule has 0 saturated heterocycles. The maximum Gasteiger partial charge on any atom is 0.306 e. The lowest BCUT2D eigenvalue weighted by molar-refractivity contribution is -0.870. The molecule has 0 rings (SSSR count). The lowest BCUT2D eigenvalue weighted by Gasteiger charge is -2.30. The Balaban J connectivity index is 4.95. The van der Waals surface area contributed by atoms with Crippen LogP contribution in [0.2, 0.25) is 0 Å². The van der Waals surface area contributed by atoms with E-state index in [9.17, 15) is 19.0 Å². The average Bonchev–Trinajstić information content (AvgIpc) is 3.40. The van der Waals surface area contributed by atoms with Crippen LogP contribution in [0.25, 0.3) is 0 Å². The molecule has 9 nitrogen and oxygen atoms in total. The van der Waals surface area contributed by atoms with Gasteiger partial charge >= 0.3 is 5.97 Å². The standard InChI is InChI=1S/C68H129N2O7P/c1-7-10-13-16-19-22-25-27-29-30-31-32-33-34-35-36-37-38-39-40-41-43-46-49-52-55-58-61-68(72)77-66(59-56-53-50-47-44-24-21-18-15-12-9-3)65(64-76-78(73,74)75-63-62-70(4,5)6)69-67(71)60-57-54-51-48-45-42-28-26-23-20-17-14-11-8-2/h11,14,20,23,27,29,56,59,65-66H,7-10,12-13,15-19,21-22,24-26,28,30-55,57-58,60-64H2,1-6H3,(H-,69,71,73,74)/b14-11+,23-20+,29-27+,59-56-. The van der Waals surface area contributed by atoms with Gasteiger partial charge in [-0.1, -0.05) is 275 Å². The largest absolute Gasteiger partial charge is 0.756 e. The van der Waals surface area contributed by atoms with E-state index in [-0.39, 0.29) is 31.5 Å². The predicted molar refractivity (Wildman–Crippen MR) is 335 cm³/mol. The van der Waals surface area contributed by atoms with Gasteiger partial charge in [-0.25, -0.2) is 0 Å². The van der Waals surface area contributed by atoms with Crippen LogP contribution < -0.4 is 10.2 Å². The minimum atomic E-state index is -4.70. The normalized spacial score (nSPS) is 13.9. The number of esters is 1. The first-order valence-corrected chi connectivity index (χ1v) is 34.9. The number of quaternary nitrogens is 1. The van der Waals surface area contributed by atoms with Gasteiger partial charge in [0.25, 0.3) is 7.82 Å². The van der Waals surface area contributed by atoms with Gasteiger partial charge in [0.2, 0.25) is 5.91 Å². The SMILES string of the molecule is CC/C=C/C/C=C/CCCCCCCCCC(=O)NC(COP(=O)([O-])OCC[N+](C)(C)C)C(/C=C\CCCCCCCCCCC)OC(=O)CCCCCCCCCCCCCCCCCCC/C=C/CCCCCCCC. The number of nitrogens with zero attached hydrogens (tertiary/aromatic N) is 1. The second-order valence-electron chi connectivity index (χ2n) is 23.9. The first kappa shape index (κ1) is 76.0. The summed E-state index contributed by atoms with van der Waals surface area (Å²) in [4.78, 5) is 40.0. The Morgan fingerprint density at radius 1 is 0.462 bits per heavy atom. The molecule has 3 atom stereocenters. The van der Waals surface area contributed by atoms with E-state index in [0.717, 1.165) is 83.5 Å². The van der Waals surface area contributed by atoms with Gasteiger partial charge in [-0.3, -0.25) is 14.2 Å². The Morgan fingerprint density at radius 3 is 1.23 bits per heavy atom. The monoisotopic (exact) mass is 1120 g/mol. The third-order valence-corrected chi connectivity index (χ3v) is 16.0. The highest BCUT2D eigenvalue weighted by molar-refractivity contribution is 7.45. The molecule has 1 amide bonds. The molecule has 0 spiro atoms. The fourth-order valence-corrected chi connectivity index (χ4v) is 10.6. The van der Waals surface area contributed by atoms with Crippen LogP contribution in [0.1, 0.15) is 323 Å². The van der Waals surface area contributed by atoms with Crippen LogP contribution in [0.3, 0.4) is 0 Å². The van der Waals surface area contributed by atoms with Crippen LogP contribution in [0.4, 0.5) is 0 Å². The van der Waals surface area contributed by atoms with E-state index in [0.29, 0.717) is 17.4 Å². The van der Waals surface area contributed by atoms with Crippen LogP contribution in [0.15, 0.2) is 48.6 Å². The first-order chi connectivity index (χ1) is 37.9. The first-order valence-electron chi connectivity index (χ1n) is 33.4. The summed E-state index contributed by atoms with van der Waals surface area (Å²) in [5.74, 6) is -0.540. The number of unbranched alkanes of at least 4 members (excludes halogenated alkanes) is 39. The number of hydrogen-bond donors (Lipinski definition) is 1. The van der Waals surface area contributed by atoms with E-state index in [4.69, 9.17) is 13.8 Å². The molecule has 0 fully saturated rings. The minimum absolute atomic E-state index is 0.0230. The van der Waals surface area contributed by atoms with Gasteiger partial charge in [-0.05, 0) is 83.1 Å². The number of carbonyl (C=O) groups is 2. The topological polar surface area (TPSA) is 114 Å². The molecule has 0 saturated carbocycles. The molecular weight excluding hydrogens is 988 g/mol. The molecule has 0 aliphatic heterocycles. The van der Waals surface area contributed by atoms with E-state index < -0.39 is 20.0 Å². The van der Waals surface area contributed by atoms with Crippen molar-refractivity contribution in [3.8, 4) is 0 Å². The molecule has 0 bridgehead atoms. The number of phosphoric ester groups is 1. The van der Waals surface area contributed by atoms with Gasteiger partial charge in [-0.2, -0.15) is 0 Å². The van der Waals surface area contributed by atoms with Crippen LogP contribution in [0, 0.1) is 0 Å². The molecule has 0 aromatic heterocycles. The van der Waals surface area contributed by atoms with E-state index in [2.05, 4.69) is 62.5 Å². The zero-order valence-electron chi connectivity index (χ0n) is 52.4. The summed E-state index contributed by atoms with van der Waals surface area (Å²) in [6.07, 6.45) is 72.5. The van der Waals surface area contributed by atoms with Crippen molar-refractivity contribution >= 4 is 19.7 Å². The Kier molecular flexibility index (Phi) is 56.7. The number of rotatable bonds is 61. The summed E-state index contributed by atoms with van der Waals surface area (Å²) in [5, 5.41) is 3.03. The number of allylic oxidation sites excluding steroid dienone is 7. The van der Waals surface area contributed by atoms with Crippen molar-refractivity contribution in [1.29, 1.82) is 0 Å². The third kappa shape index (κ3) is 58.6. The number of amides is 1. The molecule has 0 aromatic carbocycles. The second kappa shape index (κ2) is 58.2. The van der Waals surface area contributed by atoms with E-state index >= 15 is 0 Å². The van der Waals surface area contributed by atoms with Crippen molar-refractivity contribution in [1.82, 2.24) is 5.32 Å². The minimum Gasteiger partial charge on any atom is -0.756 e. The van der Waals surface area contributed by atoms with Crippen LogP contribution >= 0.6 is 7.82 Å². The Hall–Kier alpha value is -2.03. The molecule has 0 aromatic rings. The van der Waals surface area contributed by atoms with Gasteiger partial charge in [0.05, 0.1) is 33.8 Å². The van der Waals surface area contributed by atoms with Gasteiger partial charge in [0.15, 0.2) is 0 Å². The van der Waals surface area contributed by atoms with Crippen LogP contribution in [-0.2, 0) is 27.9 Å². The predicted octanol–water partition coefficient (Wildman–Crippen LogP) is 20.2. The fourth-order valence-electron chi connectivity index (χ4n) is 9.85. The Bertz CT molecular complexity index is 1470. The van der Waals surface area contributed by atoms with Gasteiger partial charge < -0.3 is 28.5 Å². The average molecular weight is 1120 g/mol. The number of carbonyl (C=O) groups excluding carboxylic acids is 2. The number of phosphoric acid groups is 1. The van der Waals surface area contributed by atoms with Crippen LogP contribution in [-0.4, -0.2) is 69.4 Å². The zero-order valence-corrected chi connectivity index (χ0v) is 53.3. The highest BCUT2D eigenvalue weighted by Crippen LogP contribution is 2.38. The summed E-state index contributed by atoms with van der Waals surface area (Å²) in [6, 6.07) is -0.890. The number of nitrogens with one attached hydrogen (secondary N) is 1. The number of likely N-dealkylation sites (N-methyl/N-ethyl adjacent to an activating group) is 1. The third-order valence-electron chi connectivity index (χ3n) is 15.0. The zero-order chi connectivity index (χ0) is 57.2. The van der Waals surface area contributed by atoms with Gasteiger partial charge in [-0.15, -0.1) is 0 Å². The van der Waals surface area contributed by atoms with Crippen molar-refractivity contribution in [2.75, 3.05) is 40.9 Å². The van der Waals surface area contributed by atoms with Crippen molar-refractivity contribution in [3.05, 3.63) is 48.6 Å². The molecule has 1 N–H and O–H groups in total. The summed E-state index contributed by atoms with van der Waals surface area (Å²) in [5.41, 5.74) is 0. The van der Waals surface area contributed by atoms with Crippen molar-refractivity contribution in [2.24, 2.45) is 0 Å². The number of hydrogen-bond acceptors (Lipinski definition) is 7. The van der Waals surface area contributed by atoms with Crippen molar-refractivity contribution < 1.29 is 37.3 Å². The Morgan fingerprint density at radius 2 is 0.821 bits per heavy atom. The maximum atomic E-state index is 13.5. The summed E-state index contributed by atoms with van der Waals surface area (Å²) >= 11 is 0. The lowest BCUT2D eigenvalue weighted by Crippen LogP contribution is -2.47.